The minimum atomic E-state index is -1.07. The van der Waals surface area contributed by atoms with Gasteiger partial charge in [-0.25, -0.2) is 0 Å². The average Bonchev–Trinajstić information content (AvgIpc) is 2.89. The van der Waals surface area contributed by atoms with Crippen molar-refractivity contribution in [3.8, 4) is 0 Å². The molecule has 0 aliphatic heterocycles. The molecule has 0 bridgehead atoms. The van der Waals surface area contributed by atoms with Crippen LogP contribution in [0, 0.1) is 6.92 Å². The van der Waals surface area contributed by atoms with Gasteiger partial charge < -0.3 is 10.4 Å². The molecule has 0 spiro atoms. The number of hydrogen-bond donors (Lipinski definition) is 2. The minimum absolute atomic E-state index is 0.151. The van der Waals surface area contributed by atoms with Crippen LogP contribution in [0.5, 0.6) is 0 Å². The van der Waals surface area contributed by atoms with Crippen LogP contribution in [0.4, 0.5) is 0 Å². The van der Waals surface area contributed by atoms with Gasteiger partial charge in [-0.15, -0.1) is 11.3 Å². The maximum absolute atomic E-state index is 12.1. The summed E-state index contributed by atoms with van der Waals surface area (Å²) in [4.78, 5) is 12.9. The van der Waals surface area contributed by atoms with Crippen molar-refractivity contribution < 1.29 is 9.90 Å². The van der Waals surface area contributed by atoms with Crippen LogP contribution in [-0.4, -0.2) is 17.6 Å². The summed E-state index contributed by atoms with van der Waals surface area (Å²) in [5.74, 6) is -0.243. The van der Waals surface area contributed by atoms with E-state index in [1.54, 1.807) is 25.1 Å². The average molecular weight is 310 g/mol. The zero-order chi connectivity index (χ0) is 14.8. The maximum atomic E-state index is 12.1. The Balaban J connectivity index is 2.05. The van der Waals surface area contributed by atoms with Crippen molar-refractivity contribution >= 4 is 28.8 Å². The molecule has 3 nitrogen and oxygen atoms in total. The SMILES string of the molecule is Cc1cc(Cl)cc(C(=O)NCC(C)(O)c2cccs2)c1. The Bertz CT molecular complexity index is 588. The van der Waals surface area contributed by atoms with Crippen LogP contribution in [0.1, 0.15) is 27.7 Å². The van der Waals surface area contributed by atoms with Crippen molar-refractivity contribution in [1.29, 1.82) is 0 Å². The molecule has 1 heterocycles. The molecule has 2 aromatic rings. The summed E-state index contributed by atoms with van der Waals surface area (Å²) in [6.07, 6.45) is 0. The standard InChI is InChI=1S/C15H16ClNO2S/c1-10-6-11(8-12(16)7-10)14(18)17-9-15(2,19)13-4-3-5-20-13/h3-8,19H,9H2,1-2H3,(H,17,18). The first-order valence-corrected chi connectivity index (χ1v) is 7.46. The van der Waals surface area contributed by atoms with Crippen LogP contribution in [0.2, 0.25) is 5.02 Å². The fourth-order valence-corrected chi connectivity index (χ4v) is 2.97. The Morgan fingerprint density at radius 3 is 2.80 bits per heavy atom. The van der Waals surface area contributed by atoms with E-state index in [0.29, 0.717) is 10.6 Å². The Kier molecular flexibility index (Phi) is 4.48. The van der Waals surface area contributed by atoms with Crippen LogP contribution in [0.15, 0.2) is 35.7 Å². The second kappa shape index (κ2) is 5.95. The zero-order valence-electron chi connectivity index (χ0n) is 11.3. The lowest BCUT2D eigenvalue weighted by Crippen LogP contribution is -2.38. The van der Waals surface area contributed by atoms with Crippen LogP contribution in [-0.2, 0) is 5.60 Å². The molecule has 5 heteroatoms. The number of carbonyl (C=O) groups is 1. The molecule has 2 rings (SSSR count). The van der Waals surface area contributed by atoms with E-state index in [0.717, 1.165) is 10.4 Å². The number of carbonyl (C=O) groups excluding carboxylic acids is 1. The molecular formula is C15H16ClNO2S. The molecule has 1 aromatic carbocycles. The fourth-order valence-electron chi connectivity index (χ4n) is 1.89. The van der Waals surface area contributed by atoms with Gasteiger partial charge in [0.25, 0.3) is 5.91 Å². The summed E-state index contributed by atoms with van der Waals surface area (Å²) in [6.45, 7) is 3.71. The highest BCUT2D eigenvalue weighted by atomic mass is 35.5. The molecule has 0 radical (unpaired) electrons. The molecule has 1 aromatic heterocycles. The normalized spacial score (nSPS) is 13.8. The van der Waals surface area contributed by atoms with E-state index in [9.17, 15) is 9.90 Å². The lowest BCUT2D eigenvalue weighted by Gasteiger charge is -2.22. The van der Waals surface area contributed by atoms with Crippen LogP contribution >= 0.6 is 22.9 Å². The van der Waals surface area contributed by atoms with Gasteiger partial charge in [0.05, 0.1) is 6.54 Å². The van der Waals surface area contributed by atoms with Crippen molar-refractivity contribution in [2.75, 3.05) is 6.54 Å². The first-order chi connectivity index (χ1) is 9.38. The Morgan fingerprint density at radius 2 is 2.20 bits per heavy atom. The predicted octanol–water partition coefficient (Wildman–Crippen LogP) is 3.35. The molecule has 0 aliphatic carbocycles. The number of nitrogens with one attached hydrogen (secondary N) is 1. The lowest BCUT2D eigenvalue weighted by molar-refractivity contribution is 0.0557. The van der Waals surface area contributed by atoms with Gasteiger partial charge >= 0.3 is 0 Å². The van der Waals surface area contributed by atoms with E-state index in [2.05, 4.69) is 5.32 Å². The van der Waals surface area contributed by atoms with E-state index >= 15 is 0 Å². The number of aliphatic hydroxyl groups is 1. The third-order valence-electron chi connectivity index (χ3n) is 2.95. The maximum Gasteiger partial charge on any atom is 0.251 e. The largest absolute Gasteiger partial charge is 0.383 e. The molecular weight excluding hydrogens is 294 g/mol. The van der Waals surface area contributed by atoms with Crippen molar-refractivity contribution in [3.63, 3.8) is 0 Å². The van der Waals surface area contributed by atoms with E-state index in [4.69, 9.17) is 11.6 Å². The van der Waals surface area contributed by atoms with Gasteiger partial charge in [0.1, 0.15) is 5.60 Å². The van der Waals surface area contributed by atoms with Gasteiger partial charge in [-0.05, 0) is 49.1 Å². The van der Waals surface area contributed by atoms with Gasteiger partial charge in [0.15, 0.2) is 0 Å². The fraction of sp³-hybridized carbons (Fsp3) is 0.267. The summed E-state index contributed by atoms with van der Waals surface area (Å²) < 4.78 is 0. The highest BCUT2D eigenvalue weighted by molar-refractivity contribution is 7.10. The van der Waals surface area contributed by atoms with Gasteiger partial charge in [-0.2, -0.15) is 0 Å². The first kappa shape index (κ1) is 15.0. The van der Waals surface area contributed by atoms with Crippen LogP contribution < -0.4 is 5.32 Å². The molecule has 0 saturated carbocycles. The molecule has 20 heavy (non-hydrogen) atoms. The van der Waals surface area contributed by atoms with Gasteiger partial charge in [0.2, 0.25) is 0 Å². The third kappa shape index (κ3) is 3.60. The lowest BCUT2D eigenvalue weighted by atomic mass is 10.0. The summed E-state index contributed by atoms with van der Waals surface area (Å²) in [7, 11) is 0. The van der Waals surface area contributed by atoms with Crippen LogP contribution in [0.25, 0.3) is 0 Å². The Labute approximate surface area is 127 Å². The second-order valence-corrected chi connectivity index (χ2v) is 6.34. The minimum Gasteiger partial charge on any atom is -0.383 e. The van der Waals surface area contributed by atoms with Gasteiger partial charge in [0, 0.05) is 15.5 Å². The number of thiophene rings is 1. The van der Waals surface area contributed by atoms with Gasteiger partial charge in [-0.1, -0.05) is 17.7 Å². The third-order valence-corrected chi connectivity index (χ3v) is 4.29. The summed E-state index contributed by atoms with van der Waals surface area (Å²) >= 11 is 7.40. The smallest absolute Gasteiger partial charge is 0.251 e. The van der Waals surface area contributed by atoms with Crippen molar-refractivity contribution in [1.82, 2.24) is 5.32 Å². The number of amides is 1. The number of benzene rings is 1. The highest BCUT2D eigenvalue weighted by Gasteiger charge is 2.25. The monoisotopic (exact) mass is 309 g/mol. The van der Waals surface area contributed by atoms with E-state index in [-0.39, 0.29) is 12.5 Å². The van der Waals surface area contributed by atoms with Crippen molar-refractivity contribution in [3.05, 3.63) is 56.7 Å². The topological polar surface area (TPSA) is 49.3 Å². The van der Waals surface area contributed by atoms with Gasteiger partial charge in [-0.3, -0.25) is 4.79 Å². The molecule has 2 N–H and O–H groups in total. The van der Waals surface area contributed by atoms with E-state index < -0.39 is 5.60 Å². The first-order valence-electron chi connectivity index (χ1n) is 6.20. The van der Waals surface area contributed by atoms with Crippen LogP contribution in [0.3, 0.4) is 0 Å². The highest BCUT2D eigenvalue weighted by Crippen LogP contribution is 2.24. The number of rotatable bonds is 4. The second-order valence-electron chi connectivity index (χ2n) is 4.95. The van der Waals surface area contributed by atoms with Crippen molar-refractivity contribution in [2.24, 2.45) is 0 Å². The number of aryl methyl sites for hydroxylation is 1. The summed E-state index contributed by atoms with van der Waals surface area (Å²) in [6, 6.07) is 8.89. The van der Waals surface area contributed by atoms with E-state index in [1.807, 2.05) is 24.4 Å². The molecule has 1 amide bonds. The predicted molar refractivity (Wildman–Crippen MR) is 82.4 cm³/mol. The van der Waals surface area contributed by atoms with Crippen molar-refractivity contribution in [2.45, 2.75) is 19.4 Å². The molecule has 0 aliphatic rings. The Hall–Kier alpha value is -1.36. The zero-order valence-corrected chi connectivity index (χ0v) is 12.9. The molecule has 0 saturated heterocycles. The molecule has 1 atom stereocenters. The number of halogens is 1. The number of hydrogen-bond acceptors (Lipinski definition) is 3. The van der Waals surface area contributed by atoms with E-state index in [1.165, 1.54) is 11.3 Å². The summed E-state index contributed by atoms with van der Waals surface area (Å²) in [5.41, 5.74) is 0.349. The quantitative estimate of drug-likeness (QED) is 0.910. The summed E-state index contributed by atoms with van der Waals surface area (Å²) in [5, 5.41) is 15.5. The molecule has 1 unspecified atom stereocenters. The Morgan fingerprint density at radius 1 is 1.45 bits per heavy atom. The molecule has 0 fully saturated rings. The molecule has 106 valence electrons.